The van der Waals surface area contributed by atoms with Gasteiger partial charge >= 0.3 is 0 Å². The number of Topliss-reactive ketones (excluding diaryl/α,β-unsaturated/α-hetero) is 1. The first kappa shape index (κ1) is 32.7. The van der Waals surface area contributed by atoms with Gasteiger partial charge in [-0.25, -0.2) is 4.98 Å². The zero-order valence-electron chi connectivity index (χ0n) is 28.2. The minimum absolute atomic E-state index is 0.448. The molecule has 1 fully saturated rings. The first-order chi connectivity index (χ1) is 24.4. The predicted molar refractivity (Wildman–Crippen MR) is 197 cm³/mol. The molecule has 1 aliphatic heterocycles. The van der Waals surface area contributed by atoms with E-state index >= 15 is 0 Å². The van der Waals surface area contributed by atoms with E-state index in [-0.39, 0.29) is 0 Å². The van der Waals surface area contributed by atoms with Crippen LogP contribution in [0.25, 0.3) is 0 Å². The van der Waals surface area contributed by atoms with Crippen LogP contribution >= 0.6 is 0 Å². The topological polar surface area (TPSA) is 62.7 Å². The number of pyridine rings is 1. The van der Waals surface area contributed by atoms with Crippen molar-refractivity contribution in [3.05, 3.63) is 192 Å². The maximum Gasteiger partial charge on any atom is 0.219 e. The van der Waals surface area contributed by atoms with Gasteiger partial charge in [0, 0.05) is 30.0 Å². The van der Waals surface area contributed by atoms with Crippen LogP contribution in [0.3, 0.4) is 0 Å². The molecular weight excluding hydrogens is 619 g/mol. The number of benzene rings is 5. The molecule has 0 N–H and O–H groups in total. The molecule has 1 unspecified atom stereocenters. The third-order valence-corrected chi connectivity index (χ3v) is 9.90. The first-order valence-corrected chi connectivity index (χ1v) is 16.9. The van der Waals surface area contributed by atoms with Crippen LogP contribution in [0.2, 0.25) is 0 Å². The Morgan fingerprint density at radius 2 is 1.24 bits per heavy atom. The van der Waals surface area contributed by atoms with Crippen molar-refractivity contribution in [3.8, 4) is 11.6 Å². The summed E-state index contributed by atoms with van der Waals surface area (Å²) in [6, 6.07) is 53.0. The van der Waals surface area contributed by atoms with Gasteiger partial charge in [0.1, 0.15) is 11.8 Å². The second kappa shape index (κ2) is 13.9. The molecule has 0 bridgehead atoms. The van der Waals surface area contributed by atoms with Crippen LogP contribution in [0, 0.1) is 0 Å². The fourth-order valence-corrected chi connectivity index (χ4v) is 7.45. The fraction of sp³-hybridized carbons (Fsp3) is 0.159. The van der Waals surface area contributed by atoms with E-state index < -0.39 is 22.8 Å². The third kappa shape index (κ3) is 6.10. The maximum atomic E-state index is 13.4. The third-order valence-electron chi connectivity index (χ3n) is 9.90. The molecule has 6 aromatic rings. The largest absolute Gasteiger partial charge is 0.439 e. The smallest absolute Gasteiger partial charge is 0.219 e. The van der Waals surface area contributed by atoms with Crippen molar-refractivity contribution in [2.24, 2.45) is 0 Å². The number of hydrogen-bond donors (Lipinski definition) is 0. The van der Waals surface area contributed by atoms with Crippen LogP contribution < -0.4 is 9.64 Å². The van der Waals surface area contributed by atoms with Gasteiger partial charge in [0.05, 0.1) is 12.1 Å². The van der Waals surface area contributed by atoms with E-state index in [1.165, 1.54) is 0 Å². The number of para-hydroxylation sites is 1. The van der Waals surface area contributed by atoms with Gasteiger partial charge in [0.2, 0.25) is 11.7 Å². The number of aromatic nitrogens is 1. The van der Waals surface area contributed by atoms with Crippen molar-refractivity contribution in [2.75, 3.05) is 11.6 Å². The molecule has 6 heteroatoms. The van der Waals surface area contributed by atoms with Crippen LogP contribution in [0.5, 0.6) is 11.6 Å². The van der Waals surface area contributed by atoms with Gasteiger partial charge in [-0.05, 0) is 72.0 Å². The number of aldehydes is 1. The molecule has 50 heavy (non-hydrogen) atoms. The number of carbonyl (C=O) groups is 2. The lowest BCUT2D eigenvalue weighted by Gasteiger charge is -2.37. The summed E-state index contributed by atoms with van der Waals surface area (Å²) >= 11 is 0. The molecular formula is C44H39N3O3. The zero-order chi connectivity index (χ0) is 34.6. The molecule has 1 atom stereocenters. The standard InChI is InChI=1S/C44H39N3O3/c1-43(2)42(40(49)31-48)47(32-46(43)30-33-27-28-45-41(29-33)50-39-21-13-6-14-22-39)38-25-23-37(24-26-38)44(34-15-7-3-8-16-34,35-17-9-4-10-18-35)36-19-11-5-12-20-36/h3-29,31,42H,30,32H2,1-2H3. The summed E-state index contributed by atoms with van der Waals surface area (Å²) in [4.78, 5) is 34.2. The van der Waals surface area contributed by atoms with Crippen molar-refractivity contribution in [2.45, 2.75) is 37.4 Å². The van der Waals surface area contributed by atoms with E-state index in [1.807, 2.05) is 74.5 Å². The van der Waals surface area contributed by atoms with Gasteiger partial charge in [0.15, 0.2) is 6.29 Å². The van der Waals surface area contributed by atoms with Gasteiger partial charge < -0.3 is 9.64 Å². The summed E-state index contributed by atoms with van der Waals surface area (Å²) in [5.41, 5.74) is 5.19. The van der Waals surface area contributed by atoms with Crippen molar-refractivity contribution >= 4 is 17.8 Å². The lowest BCUT2D eigenvalue weighted by atomic mass is 9.65. The van der Waals surface area contributed by atoms with Crippen molar-refractivity contribution in [1.29, 1.82) is 0 Å². The molecule has 2 heterocycles. The normalized spacial score (nSPS) is 15.8. The van der Waals surface area contributed by atoms with Gasteiger partial charge in [-0.3, -0.25) is 14.5 Å². The Labute approximate surface area is 293 Å². The molecule has 0 saturated carbocycles. The molecule has 248 valence electrons. The lowest BCUT2D eigenvalue weighted by molar-refractivity contribution is -0.131. The SMILES string of the molecule is CC1(C)C(C(=O)C=O)N(c2ccc(C(c3ccccc3)(c3ccccc3)c3ccccc3)cc2)CN1Cc1ccnc(Oc2ccccc2)c1. The quantitative estimate of drug-likeness (QED) is 0.0792. The molecule has 0 aliphatic carbocycles. The highest BCUT2D eigenvalue weighted by Gasteiger charge is 2.50. The molecule has 7 rings (SSSR count). The van der Waals surface area contributed by atoms with Crippen molar-refractivity contribution < 1.29 is 14.3 Å². The Kier molecular flexibility index (Phi) is 9.11. The van der Waals surface area contributed by atoms with Crippen molar-refractivity contribution in [1.82, 2.24) is 9.88 Å². The van der Waals surface area contributed by atoms with Crippen LogP contribution in [0.4, 0.5) is 5.69 Å². The van der Waals surface area contributed by atoms with E-state index in [0.717, 1.165) is 33.5 Å². The Balaban J connectivity index is 1.25. The Bertz CT molecular complexity index is 1950. The van der Waals surface area contributed by atoms with E-state index in [9.17, 15) is 9.59 Å². The van der Waals surface area contributed by atoms with E-state index in [2.05, 4.69) is 112 Å². The summed E-state index contributed by atoms with van der Waals surface area (Å²) in [5, 5.41) is 0. The number of carbonyl (C=O) groups excluding carboxylic acids is 2. The number of hydrogen-bond acceptors (Lipinski definition) is 6. The summed E-state index contributed by atoms with van der Waals surface area (Å²) in [6.45, 7) is 5.05. The highest BCUT2D eigenvalue weighted by molar-refractivity contribution is 6.28. The summed E-state index contributed by atoms with van der Waals surface area (Å²) in [6.07, 6.45) is 2.19. The highest BCUT2D eigenvalue weighted by Crippen LogP contribution is 2.46. The first-order valence-electron chi connectivity index (χ1n) is 16.9. The highest BCUT2D eigenvalue weighted by atomic mass is 16.5. The summed E-state index contributed by atoms with van der Waals surface area (Å²) < 4.78 is 6.00. The predicted octanol–water partition coefficient (Wildman–Crippen LogP) is 8.45. The van der Waals surface area contributed by atoms with Crippen LogP contribution in [0.1, 0.15) is 41.7 Å². The molecule has 1 saturated heterocycles. The number of rotatable bonds is 11. The average Bonchev–Trinajstić information content (AvgIpc) is 3.43. The number of ether oxygens (including phenoxy) is 1. The molecule has 6 nitrogen and oxygen atoms in total. The van der Waals surface area contributed by atoms with E-state index in [4.69, 9.17) is 4.74 Å². The monoisotopic (exact) mass is 657 g/mol. The second-order valence-electron chi connectivity index (χ2n) is 13.2. The van der Waals surface area contributed by atoms with Crippen LogP contribution in [-0.4, -0.2) is 40.2 Å². The number of ketones is 1. The molecule has 1 aliphatic rings. The van der Waals surface area contributed by atoms with Crippen molar-refractivity contribution in [3.63, 3.8) is 0 Å². The minimum atomic E-state index is -0.671. The summed E-state index contributed by atoms with van der Waals surface area (Å²) in [5.74, 6) is 0.759. The molecule has 5 aromatic carbocycles. The number of nitrogens with zero attached hydrogens (tertiary/aromatic N) is 3. The van der Waals surface area contributed by atoms with Gasteiger partial charge in [-0.1, -0.05) is 121 Å². The Morgan fingerprint density at radius 1 is 0.740 bits per heavy atom. The zero-order valence-corrected chi connectivity index (χ0v) is 28.2. The Morgan fingerprint density at radius 3 is 1.76 bits per heavy atom. The van der Waals surface area contributed by atoms with Crippen LogP contribution in [0.15, 0.2) is 164 Å². The minimum Gasteiger partial charge on any atom is -0.439 e. The molecule has 0 spiro atoms. The maximum absolute atomic E-state index is 13.4. The molecule has 0 radical (unpaired) electrons. The second-order valence-corrected chi connectivity index (χ2v) is 13.2. The van der Waals surface area contributed by atoms with E-state index in [0.29, 0.717) is 31.1 Å². The fourth-order valence-electron chi connectivity index (χ4n) is 7.45. The van der Waals surface area contributed by atoms with Gasteiger partial charge in [0.25, 0.3) is 0 Å². The average molecular weight is 658 g/mol. The molecule has 0 amide bonds. The number of anilines is 1. The molecule has 1 aromatic heterocycles. The van der Waals surface area contributed by atoms with Gasteiger partial charge in [-0.2, -0.15) is 0 Å². The van der Waals surface area contributed by atoms with Gasteiger partial charge in [-0.15, -0.1) is 0 Å². The Hall–Kier alpha value is -5.85. The summed E-state index contributed by atoms with van der Waals surface area (Å²) in [7, 11) is 0. The van der Waals surface area contributed by atoms with E-state index in [1.54, 1.807) is 6.20 Å². The van der Waals surface area contributed by atoms with Crippen LogP contribution in [-0.2, 0) is 21.5 Å². The lowest BCUT2D eigenvalue weighted by Crippen LogP contribution is -2.51.